The minimum atomic E-state index is -0.557. The Labute approximate surface area is 71.9 Å². The van der Waals surface area contributed by atoms with Gasteiger partial charge in [0.1, 0.15) is 6.10 Å². The monoisotopic (exact) mass is 167 g/mol. The molecule has 1 unspecified atom stereocenters. The minimum Gasteiger partial charge on any atom is -0.386 e. The Morgan fingerprint density at radius 2 is 2.08 bits per heavy atom. The number of benzene rings is 1. The van der Waals surface area contributed by atoms with Crippen molar-refractivity contribution in [3.63, 3.8) is 0 Å². The molecule has 0 aliphatic rings. The van der Waals surface area contributed by atoms with Crippen LogP contribution < -0.4 is 5.48 Å². The molecular weight excluding hydrogens is 154 g/mol. The Kier molecular flexibility index (Phi) is 3.73. The maximum Gasteiger partial charge on any atom is 0.104 e. The van der Waals surface area contributed by atoms with Crippen LogP contribution in [0.4, 0.5) is 0 Å². The number of nitrogens with one attached hydrogen (secondary N) is 1. The summed E-state index contributed by atoms with van der Waals surface area (Å²) < 4.78 is 0. The normalized spacial score (nSPS) is 12.8. The molecule has 3 nitrogen and oxygen atoms in total. The van der Waals surface area contributed by atoms with E-state index in [1.165, 1.54) is 0 Å². The number of hydrogen-bond donors (Lipinski definition) is 2. The highest BCUT2D eigenvalue weighted by molar-refractivity contribution is 5.17. The molecule has 1 rings (SSSR count). The smallest absolute Gasteiger partial charge is 0.104 e. The second-order valence-corrected chi connectivity index (χ2v) is 2.44. The molecule has 0 radical (unpaired) electrons. The average molecular weight is 167 g/mol. The van der Waals surface area contributed by atoms with Crippen LogP contribution in [0, 0.1) is 0 Å². The van der Waals surface area contributed by atoms with Gasteiger partial charge < -0.3 is 5.11 Å². The van der Waals surface area contributed by atoms with Gasteiger partial charge in [-0.1, -0.05) is 30.3 Å². The summed E-state index contributed by atoms with van der Waals surface area (Å²) in [7, 11) is 1.66. The molecule has 1 aromatic rings. The van der Waals surface area contributed by atoms with E-state index in [1.807, 2.05) is 30.3 Å². The van der Waals surface area contributed by atoms with Crippen LogP contribution in [0.2, 0.25) is 0 Å². The first-order chi connectivity index (χ1) is 5.84. The van der Waals surface area contributed by atoms with Crippen LogP contribution in [0.25, 0.3) is 0 Å². The zero-order valence-corrected chi connectivity index (χ0v) is 7.03. The lowest BCUT2D eigenvalue weighted by Crippen LogP contribution is -2.14. The quantitative estimate of drug-likeness (QED) is 0.654. The fourth-order valence-electron chi connectivity index (χ4n) is 0.934. The lowest BCUT2D eigenvalue weighted by atomic mass is 10.1. The van der Waals surface area contributed by atoms with Crippen LogP contribution in [-0.4, -0.2) is 18.8 Å². The fourth-order valence-corrected chi connectivity index (χ4v) is 0.934. The van der Waals surface area contributed by atoms with Crippen molar-refractivity contribution in [3.05, 3.63) is 35.9 Å². The molecule has 0 heterocycles. The van der Waals surface area contributed by atoms with Crippen LogP contribution in [0.1, 0.15) is 11.7 Å². The van der Waals surface area contributed by atoms with Crippen LogP contribution in [0.5, 0.6) is 0 Å². The summed E-state index contributed by atoms with van der Waals surface area (Å²) in [6.07, 6.45) is -0.557. The lowest BCUT2D eigenvalue weighted by molar-refractivity contribution is -0.00987. The van der Waals surface area contributed by atoms with E-state index in [0.717, 1.165) is 5.56 Å². The van der Waals surface area contributed by atoms with Crippen molar-refractivity contribution in [2.45, 2.75) is 6.10 Å². The zero-order valence-electron chi connectivity index (χ0n) is 7.03. The SMILES string of the molecule is CNOCC(O)c1ccccc1. The van der Waals surface area contributed by atoms with Crippen molar-refractivity contribution >= 4 is 0 Å². The highest BCUT2D eigenvalue weighted by Gasteiger charge is 2.05. The van der Waals surface area contributed by atoms with Gasteiger partial charge in [-0.25, -0.2) is 5.48 Å². The first-order valence-electron chi connectivity index (χ1n) is 3.86. The topological polar surface area (TPSA) is 41.5 Å². The van der Waals surface area contributed by atoms with Crippen molar-refractivity contribution < 1.29 is 9.94 Å². The summed E-state index contributed by atoms with van der Waals surface area (Å²) in [5.74, 6) is 0. The third-order valence-electron chi connectivity index (χ3n) is 1.57. The molecular formula is C9H13NO2. The standard InChI is InChI=1S/C9H13NO2/c1-10-12-7-9(11)8-5-3-2-4-6-8/h2-6,9-11H,7H2,1H3. The molecule has 12 heavy (non-hydrogen) atoms. The molecule has 0 amide bonds. The zero-order chi connectivity index (χ0) is 8.81. The van der Waals surface area contributed by atoms with Gasteiger partial charge in [-0.2, -0.15) is 0 Å². The predicted octanol–water partition coefficient (Wildman–Crippen LogP) is 0.871. The number of aliphatic hydroxyl groups excluding tert-OH is 1. The summed E-state index contributed by atoms with van der Waals surface area (Å²) in [6.45, 7) is 0.264. The summed E-state index contributed by atoms with van der Waals surface area (Å²) in [6, 6.07) is 9.42. The Morgan fingerprint density at radius 3 is 2.67 bits per heavy atom. The summed E-state index contributed by atoms with van der Waals surface area (Å²) in [5, 5.41) is 9.49. The van der Waals surface area contributed by atoms with Crippen molar-refractivity contribution in [1.82, 2.24) is 5.48 Å². The van der Waals surface area contributed by atoms with E-state index in [2.05, 4.69) is 5.48 Å². The van der Waals surface area contributed by atoms with Gasteiger partial charge in [0.05, 0.1) is 6.61 Å². The molecule has 0 aromatic heterocycles. The third kappa shape index (κ3) is 2.62. The maximum absolute atomic E-state index is 9.49. The Balaban J connectivity index is 2.48. The molecule has 0 aliphatic carbocycles. The van der Waals surface area contributed by atoms with Gasteiger partial charge in [0, 0.05) is 7.05 Å². The number of aliphatic hydroxyl groups is 1. The molecule has 66 valence electrons. The van der Waals surface area contributed by atoms with E-state index < -0.39 is 6.10 Å². The second kappa shape index (κ2) is 4.87. The van der Waals surface area contributed by atoms with Gasteiger partial charge in [0.25, 0.3) is 0 Å². The van der Waals surface area contributed by atoms with Crippen molar-refractivity contribution in [2.75, 3.05) is 13.7 Å². The number of rotatable bonds is 4. The van der Waals surface area contributed by atoms with Gasteiger partial charge in [0.15, 0.2) is 0 Å². The first kappa shape index (κ1) is 9.19. The van der Waals surface area contributed by atoms with Crippen LogP contribution in [0.15, 0.2) is 30.3 Å². The second-order valence-electron chi connectivity index (χ2n) is 2.44. The molecule has 0 bridgehead atoms. The molecule has 2 N–H and O–H groups in total. The maximum atomic E-state index is 9.49. The molecule has 0 fully saturated rings. The minimum absolute atomic E-state index is 0.264. The van der Waals surface area contributed by atoms with E-state index in [-0.39, 0.29) is 6.61 Å². The van der Waals surface area contributed by atoms with Gasteiger partial charge in [-0.15, -0.1) is 0 Å². The van der Waals surface area contributed by atoms with Crippen molar-refractivity contribution in [1.29, 1.82) is 0 Å². The molecule has 0 spiro atoms. The highest BCUT2D eigenvalue weighted by Crippen LogP contribution is 2.10. The summed E-state index contributed by atoms with van der Waals surface area (Å²) >= 11 is 0. The van der Waals surface area contributed by atoms with E-state index in [9.17, 15) is 5.11 Å². The van der Waals surface area contributed by atoms with E-state index in [1.54, 1.807) is 7.05 Å². The summed E-state index contributed by atoms with van der Waals surface area (Å²) in [5.41, 5.74) is 3.38. The van der Waals surface area contributed by atoms with E-state index in [4.69, 9.17) is 4.84 Å². The van der Waals surface area contributed by atoms with E-state index in [0.29, 0.717) is 0 Å². The Hall–Kier alpha value is -0.900. The third-order valence-corrected chi connectivity index (χ3v) is 1.57. The van der Waals surface area contributed by atoms with Crippen LogP contribution in [-0.2, 0) is 4.84 Å². The van der Waals surface area contributed by atoms with Crippen molar-refractivity contribution in [3.8, 4) is 0 Å². The van der Waals surface area contributed by atoms with Gasteiger partial charge in [-0.3, -0.25) is 4.84 Å². The number of hydroxylamine groups is 1. The first-order valence-corrected chi connectivity index (χ1v) is 3.86. The van der Waals surface area contributed by atoms with Gasteiger partial charge >= 0.3 is 0 Å². The average Bonchev–Trinajstić information content (AvgIpc) is 2.15. The Morgan fingerprint density at radius 1 is 1.42 bits per heavy atom. The largest absolute Gasteiger partial charge is 0.386 e. The molecule has 1 atom stereocenters. The van der Waals surface area contributed by atoms with Crippen LogP contribution >= 0.6 is 0 Å². The molecule has 1 aromatic carbocycles. The molecule has 0 aliphatic heterocycles. The highest BCUT2D eigenvalue weighted by atomic mass is 16.6. The molecule has 3 heteroatoms. The molecule has 0 saturated heterocycles. The van der Waals surface area contributed by atoms with Gasteiger partial charge in [-0.05, 0) is 5.56 Å². The van der Waals surface area contributed by atoms with Gasteiger partial charge in [0.2, 0.25) is 0 Å². The van der Waals surface area contributed by atoms with Crippen molar-refractivity contribution in [2.24, 2.45) is 0 Å². The summed E-state index contributed by atoms with van der Waals surface area (Å²) in [4.78, 5) is 4.85. The molecule has 0 saturated carbocycles. The predicted molar refractivity (Wildman–Crippen MR) is 46.4 cm³/mol. The fraction of sp³-hybridized carbons (Fsp3) is 0.333. The number of hydrogen-bond acceptors (Lipinski definition) is 3. The Bertz CT molecular complexity index is 213. The van der Waals surface area contributed by atoms with Crippen LogP contribution in [0.3, 0.4) is 0 Å². The lowest BCUT2D eigenvalue weighted by Gasteiger charge is -2.09. The van der Waals surface area contributed by atoms with E-state index >= 15 is 0 Å².